The summed E-state index contributed by atoms with van der Waals surface area (Å²) in [7, 11) is 1.79. The summed E-state index contributed by atoms with van der Waals surface area (Å²) in [5.41, 5.74) is 1.08. The molecule has 0 aromatic heterocycles. The number of benzene rings is 1. The summed E-state index contributed by atoms with van der Waals surface area (Å²) in [5, 5.41) is 2.76. The quantitative estimate of drug-likeness (QED) is 0.892. The molecule has 1 N–H and O–H groups in total. The Kier molecular flexibility index (Phi) is 3.97. The summed E-state index contributed by atoms with van der Waals surface area (Å²) in [6, 6.07) is 9.12. The predicted octanol–water partition coefficient (Wildman–Crippen LogP) is 2.68. The van der Waals surface area contributed by atoms with Gasteiger partial charge in [0.2, 0.25) is 0 Å². The van der Waals surface area contributed by atoms with Gasteiger partial charge in [-0.05, 0) is 32.5 Å². The highest BCUT2D eigenvalue weighted by Gasteiger charge is 2.44. The van der Waals surface area contributed by atoms with Crippen molar-refractivity contribution in [2.24, 2.45) is 0 Å². The number of rotatable bonds is 3. The van der Waals surface area contributed by atoms with E-state index in [0.29, 0.717) is 13.0 Å². The normalized spacial score (nSPS) is 25.1. The lowest BCUT2D eigenvalue weighted by atomic mass is 9.97. The molecular weight excluding hydrogens is 234 g/mol. The van der Waals surface area contributed by atoms with Crippen LogP contribution in [0.25, 0.3) is 0 Å². The molecule has 2 atom stereocenters. The molecule has 1 aliphatic rings. The van der Waals surface area contributed by atoms with Gasteiger partial charge in [0.15, 0.2) is 0 Å². The average Bonchev–Trinajstić information content (AvgIpc) is 2.37. The van der Waals surface area contributed by atoms with Crippen LogP contribution in [0.4, 0.5) is 8.78 Å². The fraction of sp³-hybridized carbons (Fsp3) is 0.571. The number of halogens is 2. The molecular formula is C14H20F2N2. The number of alkyl halides is 2. The second-order valence-corrected chi connectivity index (χ2v) is 4.99. The minimum absolute atomic E-state index is 0.000162. The monoisotopic (exact) mass is 254 g/mol. The van der Waals surface area contributed by atoms with Crippen LogP contribution in [0.5, 0.6) is 0 Å². The predicted molar refractivity (Wildman–Crippen MR) is 68.8 cm³/mol. The molecule has 1 saturated heterocycles. The Morgan fingerprint density at radius 1 is 1.33 bits per heavy atom. The minimum atomic E-state index is -2.66. The zero-order valence-corrected chi connectivity index (χ0v) is 10.9. The van der Waals surface area contributed by atoms with Crippen molar-refractivity contribution < 1.29 is 8.78 Å². The van der Waals surface area contributed by atoms with E-state index in [2.05, 4.69) is 5.32 Å². The van der Waals surface area contributed by atoms with Crippen molar-refractivity contribution in [2.45, 2.75) is 31.4 Å². The molecule has 0 aliphatic carbocycles. The summed E-state index contributed by atoms with van der Waals surface area (Å²) in [5.74, 6) is -2.66. The maximum absolute atomic E-state index is 13.9. The van der Waals surface area contributed by atoms with Gasteiger partial charge in [0.1, 0.15) is 0 Å². The van der Waals surface area contributed by atoms with E-state index in [1.54, 1.807) is 11.9 Å². The number of hydrogen-bond acceptors (Lipinski definition) is 2. The molecule has 1 aromatic carbocycles. The molecule has 1 aliphatic heterocycles. The summed E-state index contributed by atoms with van der Waals surface area (Å²) < 4.78 is 27.8. The van der Waals surface area contributed by atoms with Crippen LogP contribution < -0.4 is 5.32 Å². The first kappa shape index (κ1) is 13.4. The van der Waals surface area contributed by atoms with E-state index < -0.39 is 12.0 Å². The van der Waals surface area contributed by atoms with Crippen molar-refractivity contribution in [1.82, 2.24) is 10.2 Å². The molecule has 0 amide bonds. The average molecular weight is 254 g/mol. The smallest absolute Gasteiger partial charge is 0.275 e. The van der Waals surface area contributed by atoms with E-state index in [0.717, 1.165) is 5.56 Å². The number of nitrogens with one attached hydrogen (secondary N) is 1. The fourth-order valence-corrected chi connectivity index (χ4v) is 2.56. The third-order valence-electron chi connectivity index (χ3n) is 3.83. The summed E-state index contributed by atoms with van der Waals surface area (Å²) in [6.07, 6.45) is 0.487. The third kappa shape index (κ3) is 2.70. The van der Waals surface area contributed by atoms with Gasteiger partial charge in [-0.15, -0.1) is 0 Å². The molecule has 18 heavy (non-hydrogen) atoms. The Hall–Kier alpha value is -1.00. The van der Waals surface area contributed by atoms with E-state index in [4.69, 9.17) is 0 Å². The molecule has 0 spiro atoms. The van der Waals surface area contributed by atoms with Gasteiger partial charge in [0, 0.05) is 6.04 Å². The molecule has 1 heterocycles. The van der Waals surface area contributed by atoms with E-state index in [1.807, 2.05) is 37.3 Å². The Morgan fingerprint density at radius 2 is 2.00 bits per heavy atom. The van der Waals surface area contributed by atoms with E-state index in [-0.39, 0.29) is 12.6 Å². The molecule has 4 heteroatoms. The molecule has 1 aromatic rings. The SMILES string of the molecule is CC(c1ccccc1)N(C)[C@@H]1CCNCC1(F)F. The molecule has 0 radical (unpaired) electrons. The molecule has 0 bridgehead atoms. The van der Waals surface area contributed by atoms with Crippen LogP contribution in [-0.2, 0) is 0 Å². The highest BCUT2D eigenvalue weighted by molar-refractivity contribution is 5.18. The van der Waals surface area contributed by atoms with E-state index in [1.165, 1.54) is 0 Å². The second kappa shape index (κ2) is 5.33. The molecule has 2 rings (SSSR count). The third-order valence-corrected chi connectivity index (χ3v) is 3.83. The zero-order valence-electron chi connectivity index (χ0n) is 10.9. The van der Waals surface area contributed by atoms with Gasteiger partial charge in [-0.1, -0.05) is 30.3 Å². The number of hydrogen-bond donors (Lipinski definition) is 1. The van der Waals surface area contributed by atoms with Gasteiger partial charge in [-0.2, -0.15) is 0 Å². The Labute approximate surface area is 107 Å². The van der Waals surface area contributed by atoms with Crippen LogP contribution in [0.3, 0.4) is 0 Å². The van der Waals surface area contributed by atoms with Crippen LogP contribution in [0.1, 0.15) is 24.9 Å². The molecule has 100 valence electrons. The highest BCUT2D eigenvalue weighted by Crippen LogP contribution is 2.32. The lowest BCUT2D eigenvalue weighted by molar-refractivity contribution is -0.0977. The van der Waals surface area contributed by atoms with Crippen LogP contribution in [0.15, 0.2) is 30.3 Å². The number of piperidine rings is 1. The van der Waals surface area contributed by atoms with Gasteiger partial charge in [-0.3, -0.25) is 4.90 Å². The Morgan fingerprint density at radius 3 is 2.61 bits per heavy atom. The van der Waals surface area contributed by atoms with Gasteiger partial charge < -0.3 is 5.32 Å². The first-order valence-corrected chi connectivity index (χ1v) is 6.38. The maximum atomic E-state index is 13.9. The topological polar surface area (TPSA) is 15.3 Å². The lowest BCUT2D eigenvalue weighted by Gasteiger charge is -2.40. The van der Waals surface area contributed by atoms with Crippen molar-refractivity contribution >= 4 is 0 Å². The van der Waals surface area contributed by atoms with Crippen LogP contribution in [0, 0.1) is 0 Å². The second-order valence-electron chi connectivity index (χ2n) is 4.99. The standard InChI is InChI=1S/C14H20F2N2/c1-11(12-6-4-3-5-7-12)18(2)13-8-9-17-10-14(13,15)16/h3-7,11,13,17H,8-10H2,1-2H3/t11?,13-/m1/s1. The molecule has 0 saturated carbocycles. The van der Waals surface area contributed by atoms with Gasteiger partial charge >= 0.3 is 0 Å². The molecule has 1 fully saturated rings. The summed E-state index contributed by atoms with van der Waals surface area (Å²) >= 11 is 0. The van der Waals surface area contributed by atoms with Crippen molar-refractivity contribution in [1.29, 1.82) is 0 Å². The highest BCUT2D eigenvalue weighted by atomic mass is 19.3. The van der Waals surface area contributed by atoms with Crippen molar-refractivity contribution in [2.75, 3.05) is 20.1 Å². The van der Waals surface area contributed by atoms with Crippen molar-refractivity contribution in [3.63, 3.8) is 0 Å². The Balaban J connectivity index is 2.13. The first-order valence-electron chi connectivity index (χ1n) is 6.38. The van der Waals surface area contributed by atoms with Crippen LogP contribution in [0.2, 0.25) is 0 Å². The van der Waals surface area contributed by atoms with Gasteiger partial charge in [0.25, 0.3) is 5.92 Å². The van der Waals surface area contributed by atoms with Gasteiger partial charge in [-0.25, -0.2) is 8.78 Å². The molecule has 2 nitrogen and oxygen atoms in total. The summed E-state index contributed by atoms with van der Waals surface area (Å²) in [6.45, 7) is 2.42. The largest absolute Gasteiger partial charge is 0.311 e. The van der Waals surface area contributed by atoms with Crippen molar-refractivity contribution in [3.05, 3.63) is 35.9 Å². The minimum Gasteiger partial charge on any atom is -0.311 e. The van der Waals surface area contributed by atoms with Crippen LogP contribution >= 0.6 is 0 Å². The maximum Gasteiger partial charge on any atom is 0.275 e. The first-order chi connectivity index (χ1) is 8.52. The van der Waals surface area contributed by atoms with Crippen molar-refractivity contribution in [3.8, 4) is 0 Å². The van der Waals surface area contributed by atoms with Crippen LogP contribution in [-0.4, -0.2) is 37.0 Å². The van der Waals surface area contributed by atoms with E-state index in [9.17, 15) is 8.78 Å². The van der Waals surface area contributed by atoms with E-state index >= 15 is 0 Å². The fourth-order valence-electron chi connectivity index (χ4n) is 2.56. The Bertz CT molecular complexity index is 381. The zero-order chi connectivity index (χ0) is 13.2. The lowest BCUT2D eigenvalue weighted by Crippen LogP contribution is -2.56. The molecule has 1 unspecified atom stereocenters. The summed E-state index contributed by atoms with van der Waals surface area (Å²) in [4.78, 5) is 1.80. The number of nitrogens with zero attached hydrogens (tertiary/aromatic N) is 1. The van der Waals surface area contributed by atoms with Gasteiger partial charge in [0.05, 0.1) is 12.6 Å².